The third-order valence-electron chi connectivity index (χ3n) is 13.6. The second kappa shape index (κ2) is 20.9. The van der Waals surface area contributed by atoms with Crippen LogP contribution in [0.5, 0.6) is 0 Å². The van der Waals surface area contributed by atoms with E-state index in [-0.39, 0.29) is 34.8 Å². The van der Waals surface area contributed by atoms with Crippen molar-refractivity contribution in [1.29, 1.82) is 0 Å². The summed E-state index contributed by atoms with van der Waals surface area (Å²) in [7, 11) is 0. The smallest absolute Gasteiger partial charge is 0.349 e. The van der Waals surface area contributed by atoms with Crippen molar-refractivity contribution >= 4 is 55.6 Å². The Labute approximate surface area is 423 Å². The Morgan fingerprint density at radius 1 is 0.649 bits per heavy atom. The first-order chi connectivity index (χ1) is 36.1. The second-order valence-electron chi connectivity index (χ2n) is 18.0. The van der Waals surface area contributed by atoms with E-state index in [2.05, 4.69) is 76.9 Å². The number of hydrogen-bond acceptors (Lipinski definition) is 11. The van der Waals surface area contributed by atoms with Crippen molar-refractivity contribution in [2.75, 3.05) is 34.8 Å². The van der Waals surface area contributed by atoms with Crippen LogP contribution >= 0.6 is 0 Å². The van der Waals surface area contributed by atoms with Crippen LogP contribution in [-0.2, 0) is 10.3 Å². The molecule has 372 valence electrons. The Morgan fingerprint density at radius 2 is 1.15 bits per heavy atom. The van der Waals surface area contributed by atoms with Gasteiger partial charge >= 0.3 is 5.69 Å². The highest BCUT2D eigenvalue weighted by Crippen LogP contribution is 2.39. The predicted molar refractivity (Wildman–Crippen MR) is 291 cm³/mol. The average Bonchev–Trinajstić information content (AvgIpc) is 3.93. The number of hydrogen-bond donors (Lipinski definition) is 6. The normalized spacial score (nSPS) is 15.6. The highest BCUT2D eigenvalue weighted by Gasteiger charge is 2.33. The lowest BCUT2D eigenvalue weighted by atomic mass is 9.81. The van der Waals surface area contributed by atoms with Gasteiger partial charge in [-0.15, -0.1) is 0 Å². The van der Waals surface area contributed by atoms with Crippen molar-refractivity contribution in [1.82, 2.24) is 29.9 Å². The van der Waals surface area contributed by atoms with Crippen molar-refractivity contribution < 1.29 is 9.84 Å². The van der Waals surface area contributed by atoms with E-state index < -0.39 is 23.0 Å². The number of anilines is 5. The molecule has 0 amide bonds. The first-order valence-corrected chi connectivity index (χ1v) is 24.5. The fourth-order valence-corrected chi connectivity index (χ4v) is 9.89. The maximum Gasteiger partial charge on any atom is 0.349 e. The van der Waals surface area contributed by atoms with E-state index in [9.17, 15) is 29.1 Å². The number of fused-ring (bicyclic) bond motifs is 2. The Bertz CT molecular complexity index is 3850. The number of aliphatic hydroxyl groups is 1. The molecule has 16 nitrogen and oxygen atoms in total. The van der Waals surface area contributed by atoms with E-state index in [0.717, 1.165) is 50.6 Å². The third-order valence-corrected chi connectivity index (χ3v) is 13.6. The van der Waals surface area contributed by atoms with Crippen LogP contribution in [0, 0.1) is 0 Å². The Morgan fingerprint density at radius 3 is 1.69 bits per heavy atom. The maximum atomic E-state index is 13.3. The molecule has 10 rings (SSSR count). The van der Waals surface area contributed by atoms with Crippen molar-refractivity contribution in [3.8, 4) is 0 Å². The van der Waals surface area contributed by atoms with Crippen LogP contribution in [0.3, 0.4) is 0 Å². The highest BCUT2D eigenvalue weighted by molar-refractivity contribution is 5.87. The molecule has 6 aromatic carbocycles. The third kappa shape index (κ3) is 9.54. The molecule has 74 heavy (non-hydrogen) atoms. The molecule has 0 bridgehead atoms. The van der Waals surface area contributed by atoms with Gasteiger partial charge in [-0.3, -0.25) is 44.1 Å². The fourth-order valence-electron chi connectivity index (χ4n) is 9.89. The van der Waals surface area contributed by atoms with Crippen LogP contribution in [-0.4, -0.2) is 60.9 Å². The summed E-state index contributed by atoms with van der Waals surface area (Å²) in [6.07, 6.45) is 9.58. The molecule has 3 unspecified atom stereocenters. The number of aromatic nitrogens is 6. The minimum atomic E-state index is -1.10. The van der Waals surface area contributed by atoms with Crippen LogP contribution in [0.25, 0.3) is 27.1 Å². The first-order valence-electron chi connectivity index (χ1n) is 24.5. The van der Waals surface area contributed by atoms with Crippen LogP contribution in [0.15, 0.2) is 200 Å². The zero-order valence-electron chi connectivity index (χ0n) is 40.6. The largest absolute Gasteiger partial charge is 0.394 e. The quantitative estimate of drug-likeness (QED) is 0.0506. The van der Waals surface area contributed by atoms with Gasteiger partial charge in [0.05, 0.1) is 46.1 Å². The molecule has 4 heterocycles. The first kappa shape index (κ1) is 48.5. The molecule has 6 N–H and O–H groups in total. The van der Waals surface area contributed by atoms with Crippen molar-refractivity contribution in [2.45, 2.75) is 44.6 Å². The van der Waals surface area contributed by atoms with Crippen LogP contribution in [0.1, 0.15) is 55.2 Å². The Hall–Kier alpha value is -9.12. The van der Waals surface area contributed by atoms with Crippen LogP contribution in [0.2, 0.25) is 0 Å². The lowest BCUT2D eigenvalue weighted by Crippen LogP contribution is -2.36. The zero-order valence-corrected chi connectivity index (χ0v) is 40.6. The number of benzene rings is 6. The van der Waals surface area contributed by atoms with Gasteiger partial charge in [-0.1, -0.05) is 103 Å². The molecule has 9 aromatic rings. The number of ether oxygens (including phenoxy) is 1. The number of aliphatic hydroxyl groups excluding tert-OH is 1. The standard InChI is InChI=1S/C58H53N9O7/c1-3-65(44-25-28-48-50(32-44)55(71)63-61-53(48)69)42-21-17-38(18-22-42)47(37-12-7-5-8-13-37)16-11-31-58(39-14-9-6-10-15-39,60-41-34-59-57(73)67(35-41)52-30-27-46(36-68)74-52)40-19-23-43(24-20-40)66(4-2)45-26-29-49-51(33-45)56(72)64-62-54(49)70/h5-26,28-29,31-35,46,52,60,68H,3-4,27,30,36H2,1-2H3,(H,61,69)(H,62,70)(H,63,71)(H,64,72)/b31-11+,47-16-. The highest BCUT2D eigenvalue weighted by atomic mass is 16.5. The van der Waals surface area contributed by atoms with Crippen molar-refractivity contribution in [3.63, 3.8) is 0 Å². The number of H-pyrrole nitrogens is 4. The summed E-state index contributed by atoms with van der Waals surface area (Å²) >= 11 is 0. The molecule has 1 saturated heterocycles. The summed E-state index contributed by atoms with van der Waals surface area (Å²) in [5.74, 6) is 0. The van der Waals surface area contributed by atoms with E-state index in [1.54, 1.807) is 30.5 Å². The molecule has 1 fully saturated rings. The van der Waals surface area contributed by atoms with Gasteiger partial charge in [-0.2, -0.15) is 4.98 Å². The van der Waals surface area contributed by atoms with Gasteiger partial charge in [-0.25, -0.2) is 4.79 Å². The zero-order chi connectivity index (χ0) is 51.3. The van der Waals surface area contributed by atoms with Gasteiger partial charge in [0.15, 0.2) is 0 Å². The molecular weight excluding hydrogens is 935 g/mol. The summed E-state index contributed by atoms with van der Waals surface area (Å²) in [5.41, 5.74) is 5.27. The van der Waals surface area contributed by atoms with Gasteiger partial charge in [0.2, 0.25) is 0 Å². The van der Waals surface area contributed by atoms with Gasteiger partial charge in [-0.05, 0) is 115 Å². The van der Waals surface area contributed by atoms with E-state index in [1.807, 2.05) is 117 Å². The number of nitrogens with zero attached hydrogens (tertiary/aromatic N) is 4. The molecule has 0 saturated carbocycles. The monoisotopic (exact) mass is 987 g/mol. The number of nitrogens with one attached hydrogen (secondary N) is 5. The summed E-state index contributed by atoms with van der Waals surface area (Å²) < 4.78 is 7.53. The van der Waals surface area contributed by atoms with E-state index in [0.29, 0.717) is 47.8 Å². The van der Waals surface area contributed by atoms with Crippen molar-refractivity contribution in [2.24, 2.45) is 0 Å². The molecule has 0 aliphatic carbocycles. The molecular formula is C58H53N9O7. The summed E-state index contributed by atoms with van der Waals surface area (Å²) in [6.45, 7) is 5.04. The molecule has 1 aliphatic rings. The fraction of sp³-hybridized carbons (Fsp3) is 0.172. The van der Waals surface area contributed by atoms with E-state index >= 15 is 0 Å². The van der Waals surface area contributed by atoms with E-state index in [1.165, 1.54) is 10.8 Å². The summed E-state index contributed by atoms with van der Waals surface area (Å²) in [4.78, 5) is 72.3. The average molecular weight is 988 g/mol. The molecule has 0 radical (unpaired) electrons. The number of rotatable bonds is 16. The lowest BCUT2D eigenvalue weighted by molar-refractivity contribution is -0.0245. The topological polar surface area (TPSA) is 214 Å². The number of aromatic amines is 4. The summed E-state index contributed by atoms with van der Waals surface area (Å²) in [6, 6.07) is 46.9. The molecule has 16 heteroatoms. The Balaban J connectivity index is 1.08. The van der Waals surface area contributed by atoms with Gasteiger partial charge in [0, 0.05) is 42.0 Å². The van der Waals surface area contributed by atoms with Gasteiger partial charge < -0.3 is 25.0 Å². The molecule has 3 aromatic heterocycles. The summed E-state index contributed by atoms with van der Waals surface area (Å²) in [5, 5.41) is 24.5. The van der Waals surface area contributed by atoms with Gasteiger partial charge in [0.25, 0.3) is 22.2 Å². The maximum absolute atomic E-state index is 13.3. The van der Waals surface area contributed by atoms with Crippen molar-refractivity contribution in [3.05, 3.63) is 250 Å². The molecule has 3 atom stereocenters. The SMILES string of the molecule is CCN(c1ccc(/C(=C\C=C\C(Nc2cnc(=O)n(C3CCC(CO)O3)c2)(c2ccccc2)c2ccc(N(CC)c3ccc4c(=O)[nH][nH]c(=O)c4c3)cc2)c2ccccc2)cc1)c1ccc2c(=O)[nH][nH]c(=O)c2c1. The minimum absolute atomic E-state index is 0.151. The van der Waals surface area contributed by atoms with Gasteiger partial charge in [0.1, 0.15) is 11.8 Å². The Kier molecular flexibility index (Phi) is 13.7. The number of allylic oxidation sites excluding steroid dienone is 2. The van der Waals surface area contributed by atoms with E-state index in [4.69, 9.17) is 4.74 Å². The minimum Gasteiger partial charge on any atom is -0.394 e. The molecule has 1 aliphatic heterocycles. The lowest BCUT2D eigenvalue weighted by Gasteiger charge is -2.35. The predicted octanol–water partition coefficient (Wildman–Crippen LogP) is 8.33. The van der Waals surface area contributed by atoms with Crippen LogP contribution < -0.4 is 43.0 Å². The van der Waals surface area contributed by atoms with Crippen LogP contribution in [0.4, 0.5) is 28.4 Å². The molecule has 0 spiro atoms. The second-order valence-corrected chi connectivity index (χ2v) is 18.0.